The third-order valence-electron chi connectivity index (χ3n) is 42.2. The third kappa shape index (κ3) is 22.3. The van der Waals surface area contributed by atoms with Gasteiger partial charge in [-0.1, -0.05) is 108 Å². The highest BCUT2D eigenvalue weighted by Gasteiger charge is 2.80. The fraction of sp³-hybridized carbons (Fsp3) is 0.930. The minimum atomic E-state index is -6.58. The Morgan fingerprint density at radius 2 is 0.925 bits per heavy atom. The maximum absolute atomic E-state index is 13.3. The van der Waals surface area contributed by atoms with E-state index in [1.807, 2.05) is 62.3 Å². The Labute approximate surface area is 862 Å². The van der Waals surface area contributed by atoms with Crippen molar-refractivity contribution in [1.82, 2.24) is 0 Å². The van der Waals surface area contributed by atoms with E-state index in [0.717, 1.165) is 185 Å². The number of halogens is 12. The van der Waals surface area contributed by atoms with Gasteiger partial charge in [0.2, 0.25) is 0 Å². The van der Waals surface area contributed by atoms with Crippen molar-refractivity contribution in [3.63, 3.8) is 0 Å². The lowest BCUT2D eigenvalue weighted by atomic mass is 9.52. The molecule has 0 aromatic rings. The molecule has 5 aliphatic heterocycles. The first-order valence-corrected chi connectivity index (χ1v) is 56.8. The second kappa shape index (κ2) is 43.4. The van der Waals surface area contributed by atoms with Crippen molar-refractivity contribution in [2.24, 2.45) is 181 Å². The Balaban J connectivity index is 0.000000138. The van der Waals surface area contributed by atoms with Gasteiger partial charge in [0.25, 0.3) is 11.2 Å². The lowest BCUT2D eigenvalue weighted by molar-refractivity contribution is -0.405. The highest BCUT2D eigenvalue weighted by molar-refractivity contribution is 5.80. The lowest BCUT2D eigenvalue weighted by Crippen LogP contribution is -2.67. The number of carboxylic acid groups (broad SMARTS) is 1. The number of carbonyl (C=O) groups excluding carboxylic acids is 7. The Morgan fingerprint density at radius 1 is 0.449 bits per heavy atom. The van der Waals surface area contributed by atoms with E-state index >= 15 is 0 Å². The molecule has 4 N–H and O–H groups in total. The monoisotopic (exact) mass is 2110 g/mol. The molecule has 33 heteroatoms. The van der Waals surface area contributed by atoms with E-state index in [0.29, 0.717) is 61.4 Å². The summed E-state index contributed by atoms with van der Waals surface area (Å²) in [5.41, 5.74) is -15.3. The van der Waals surface area contributed by atoms with Crippen LogP contribution < -0.4 is 0 Å². The minimum Gasteiger partial charge on any atom is -0.481 e. The van der Waals surface area contributed by atoms with Crippen LogP contribution in [0.25, 0.3) is 0 Å². The van der Waals surface area contributed by atoms with Crippen LogP contribution in [-0.2, 0) is 81.0 Å². The average molecular weight is 2110 g/mol. The van der Waals surface area contributed by atoms with Gasteiger partial charge in [0.1, 0.15) is 29.0 Å². The highest BCUT2D eigenvalue weighted by atomic mass is 19.4. The van der Waals surface area contributed by atoms with Crippen molar-refractivity contribution in [2.45, 2.75) is 477 Å². The van der Waals surface area contributed by atoms with Crippen LogP contribution in [-0.4, -0.2) is 176 Å². The molecule has 5 heterocycles. The van der Waals surface area contributed by atoms with Gasteiger partial charge < -0.3 is 63.1 Å². The SMILES string of the molecule is CCC(C)(C)C(=O)OC1(CC)CC2CC1C1C3CCC(C3)C21.CCC(C)(C)C(=O)OC12CC3CC(CC(O)(C3)C1)C2.CCC(C)(C)C(=O)OC1C2CC3C(=O)OC1C3O2.CCC(C)(C)C(=O)OC1CC(C(O)(C(F)(F)F)C(F)(F)F)CC(C(O)(C(F)(F)F)C(F)(F)F)C1.CCCC1CC(C)C2C3CC(C(=O)O)C(C3)C12.CCCC1CC(C)C2C3CC(C(=O)OC4(CC)CCCC4)C(C3)C12.CCCC1OC(C)C2COC(=O)C12. The first kappa shape index (κ1) is 117. The number of esters is 7. The summed E-state index contributed by atoms with van der Waals surface area (Å²) in [6, 6.07) is 0. The van der Waals surface area contributed by atoms with Crippen molar-refractivity contribution in [3.8, 4) is 0 Å². The lowest BCUT2D eigenvalue weighted by Gasteiger charge is -2.59. The molecule has 34 unspecified atom stereocenters. The smallest absolute Gasteiger partial charge is 0.426 e. The van der Waals surface area contributed by atoms with E-state index in [4.69, 9.17) is 42.6 Å². The second-order valence-electron chi connectivity index (χ2n) is 52.5. The zero-order chi connectivity index (χ0) is 108. The number of hydrogen-bond acceptors (Lipinski definition) is 20. The summed E-state index contributed by atoms with van der Waals surface area (Å²) >= 11 is 0. The van der Waals surface area contributed by atoms with Gasteiger partial charge in [0.05, 0.1) is 75.9 Å². The van der Waals surface area contributed by atoms with E-state index < -0.39 is 119 Å². The molecule has 147 heavy (non-hydrogen) atoms. The summed E-state index contributed by atoms with van der Waals surface area (Å²) in [7, 11) is 0. The van der Waals surface area contributed by atoms with Crippen LogP contribution in [0, 0.1) is 181 Å². The zero-order valence-corrected chi connectivity index (χ0v) is 90.8. The normalized spacial score (nSPS) is 40.9. The number of ether oxygens (including phenoxy) is 9. The van der Waals surface area contributed by atoms with Gasteiger partial charge in [0.15, 0.2) is 12.2 Å². The van der Waals surface area contributed by atoms with Gasteiger partial charge in [-0.3, -0.25) is 38.4 Å². The van der Waals surface area contributed by atoms with Crippen molar-refractivity contribution >= 4 is 47.8 Å². The molecule has 14 bridgehead atoms. The molecular weight excluding hydrogens is 1930 g/mol. The molecule has 21 nitrogen and oxygen atoms in total. The summed E-state index contributed by atoms with van der Waals surface area (Å²) in [6.45, 7) is 40.2. The predicted molar refractivity (Wildman–Crippen MR) is 519 cm³/mol. The number of rotatable bonds is 25. The first-order chi connectivity index (χ1) is 68.3. The molecule has 840 valence electrons. The number of carbonyl (C=O) groups is 8. The maximum Gasteiger partial charge on any atom is 0.426 e. The molecule has 21 rings (SSSR count). The Hall–Kier alpha value is -5.28. The summed E-state index contributed by atoms with van der Waals surface area (Å²) in [4.78, 5) is 96.7. The van der Waals surface area contributed by atoms with Crippen LogP contribution in [0.3, 0.4) is 0 Å². The van der Waals surface area contributed by atoms with Crippen molar-refractivity contribution in [2.75, 3.05) is 6.61 Å². The Bertz CT molecular complexity index is 4530. The molecule has 0 aromatic carbocycles. The van der Waals surface area contributed by atoms with Gasteiger partial charge in [-0.15, -0.1) is 0 Å². The molecule has 21 aliphatic rings. The number of cyclic esters (lactones) is 1. The van der Waals surface area contributed by atoms with Crippen molar-refractivity contribution < 1.29 is 154 Å². The van der Waals surface area contributed by atoms with Gasteiger partial charge in [-0.05, 0) is 374 Å². The first-order valence-electron chi connectivity index (χ1n) is 56.8. The van der Waals surface area contributed by atoms with Crippen LogP contribution in [0.4, 0.5) is 52.7 Å². The molecule has 16 aliphatic carbocycles. The molecule has 34 atom stereocenters. The van der Waals surface area contributed by atoms with Gasteiger partial charge >= 0.3 is 72.5 Å². The summed E-state index contributed by atoms with van der Waals surface area (Å²) in [5, 5.41) is 39.2. The molecule has 21 fully saturated rings. The standard InChI is InChI=1S/C22H36O2.C20H32O2.C18H22F12O4.C16H26O3.C15H24O2.C13H18O5.C10H16O3/c1-4-8-15-11-14(3)19-16-12-17(20(15)19)18(13-16)21(23)24-22(5-2)9-6-7-10-22;1-5-19(3,4)18(21)22-20(6-2)11-14-10-15(20)17-13-8-7-12(9-13)16(14)17;1-4-12(2,3)11(31)34-10-6-8(13(32,15(19,20)21)16(22,23)24)5-9(7-10)14(33,17(25,26)27)18(28,29)30;1-4-14(2,3)13(17)19-16-8-11-5-12(9-16)7-15(18,6-11)10-16;1-3-4-9-5-8(2)13-10-6-11(14(9)13)12(7-10)15(16)17;1-4-13(2,3)12(15)18-9-7-5-6-8(16-7)10(9)17-11(6)14;1-3-4-8-9-7(6(2)13-8)5-12-10(9)11/h14-20H,4-13H2,1-3H3;12-17H,5-11H2,1-4H3;8-10,32-33H,4-7H2,1-3H3;11-12,18H,4-10H2,1-3H3;8-14H,3-7H2,1-2H3,(H,16,17);6-10H,4-5H2,1-3H3;6-9H,3-5H2,1-2H3. The fourth-order valence-corrected chi connectivity index (χ4v) is 33.7. The van der Waals surface area contributed by atoms with Gasteiger partial charge in [-0.2, -0.15) is 52.7 Å². The van der Waals surface area contributed by atoms with Gasteiger partial charge in [0, 0.05) is 30.1 Å². The summed E-state index contributed by atoms with van der Waals surface area (Å²) in [5.74, 6) is 7.48. The molecule has 0 amide bonds. The number of alkyl halides is 12. The Kier molecular flexibility index (Phi) is 34.6. The summed E-state index contributed by atoms with van der Waals surface area (Å²) in [6.07, 6.45) is 2.05. The van der Waals surface area contributed by atoms with Crippen molar-refractivity contribution in [3.05, 3.63) is 0 Å². The molecular formula is C114H174F12O21. The highest BCUT2D eigenvalue weighted by Crippen LogP contribution is 2.73. The van der Waals surface area contributed by atoms with E-state index in [9.17, 15) is 111 Å². The Morgan fingerprint density at radius 3 is 1.39 bits per heavy atom. The van der Waals surface area contributed by atoms with Crippen LogP contribution in [0.2, 0.25) is 0 Å². The van der Waals surface area contributed by atoms with E-state index in [-0.39, 0.29) is 113 Å². The zero-order valence-electron chi connectivity index (χ0n) is 90.8. The minimum absolute atomic E-state index is 0.00842. The van der Waals surface area contributed by atoms with Crippen LogP contribution in [0.1, 0.15) is 376 Å². The average Bonchev–Trinajstić information content (AvgIpc) is 1.47. The van der Waals surface area contributed by atoms with E-state index in [1.165, 1.54) is 117 Å². The van der Waals surface area contributed by atoms with E-state index in [2.05, 4.69) is 55.4 Å². The summed E-state index contributed by atoms with van der Waals surface area (Å²) < 4.78 is 210. The number of aliphatic hydroxyl groups is 3. The fourth-order valence-electron chi connectivity index (χ4n) is 33.7. The van der Waals surface area contributed by atoms with Crippen LogP contribution in [0.15, 0.2) is 0 Å². The van der Waals surface area contributed by atoms with Crippen LogP contribution >= 0.6 is 0 Å². The number of carboxylic acids is 1. The number of fused-ring (bicyclic) bond motifs is 21. The third-order valence-corrected chi connectivity index (χ3v) is 42.2. The largest absolute Gasteiger partial charge is 0.481 e. The second-order valence-corrected chi connectivity index (χ2v) is 52.5. The number of aliphatic carboxylic acids is 1. The van der Waals surface area contributed by atoms with Gasteiger partial charge in [-0.25, -0.2) is 0 Å². The van der Waals surface area contributed by atoms with Crippen molar-refractivity contribution in [1.29, 1.82) is 0 Å². The van der Waals surface area contributed by atoms with E-state index in [1.54, 1.807) is 0 Å². The predicted octanol–water partition coefficient (Wildman–Crippen LogP) is 24.8. The molecule has 5 saturated heterocycles. The maximum atomic E-state index is 13.3. The van der Waals surface area contributed by atoms with Crippen LogP contribution in [0.5, 0.6) is 0 Å². The number of hydrogen-bond donors (Lipinski definition) is 4. The molecule has 16 saturated carbocycles. The molecule has 0 radical (unpaired) electrons. The quantitative estimate of drug-likeness (QED) is 0.0286. The molecule has 0 spiro atoms. The molecule has 0 aromatic heterocycles. The topological polar surface area (TPSA) is 301 Å².